The number of carbonyl (C=O) groups excluding carboxylic acids is 4. The van der Waals surface area contributed by atoms with Gasteiger partial charge in [0.2, 0.25) is 5.91 Å². The summed E-state index contributed by atoms with van der Waals surface area (Å²) < 4.78 is 0. The Morgan fingerprint density at radius 3 is 2.38 bits per heavy atom. The summed E-state index contributed by atoms with van der Waals surface area (Å²) in [4.78, 5) is 49.8. The summed E-state index contributed by atoms with van der Waals surface area (Å²) in [5, 5.41) is 7.77. The van der Waals surface area contributed by atoms with Gasteiger partial charge >= 0.3 is 6.03 Å². The minimum absolute atomic E-state index is 0.101. The second-order valence-electron chi connectivity index (χ2n) is 7.69. The van der Waals surface area contributed by atoms with Gasteiger partial charge in [0, 0.05) is 0 Å². The first-order valence-corrected chi connectivity index (χ1v) is 10.1. The van der Waals surface area contributed by atoms with E-state index in [0.29, 0.717) is 10.6 Å². The number of benzene rings is 3. The van der Waals surface area contributed by atoms with Gasteiger partial charge in [0.25, 0.3) is 11.8 Å². The van der Waals surface area contributed by atoms with Crippen LogP contribution in [-0.4, -0.2) is 35.3 Å². The Morgan fingerprint density at radius 1 is 0.906 bits per heavy atom. The SMILES string of the molecule is CC1(c2ccccc2)NC(=O)N(NC(=O)CNC(=O)Cc2cccc3ccccc23)C1=O. The molecule has 1 aliphatic heterocycles. The van der Waals surface area contributed by atoms with Crippen LogP contribution in [0.4, 0.5) is 4.79 Å². The highest BCUT2D eigenvalue weighted by Crippen LogP contribution is 2.27. The largest absolute Gasteiger partial charge is 0.347 e. The quantitative estimate of drug-likeness (QED) is 0.520. The number of imide groups is 1. The summed E-state index contributed by atoms with van der Waals surface area (Å²) in [6, 6.07) is 21.4. The van der Waals surface area contributed by atoms with Crippen LogP contribution in [-0.2, 0) is 26.3 Å². The molecule has 0 aliphatic carbocycles. The molecule has 1 heterocycles. The number of nitrogens with zero attached hydrogens (tertiary/aromatic N) is 1. The van der Waals surface area contributed by atoms with Gasteiger partial charge in [0.05, 0.1) is 13.0 Å². The van der Waals surface area contributed by atoms with Gasteiger partial charge in [-0.1, -0.05) is 72.8 Å². The summed E-state index contributed by atoms with van der Waals surface area (Å²) >= 11 is 0. The lowest BCUT2D eigenvalue weighted by molar-refractivity contribution is -0.138. The summed E-state index contributed by atoms with van der Waals surface area (Å²) in [7, 11) is 0. The maximum absolute atomic E-state index is 12.8. The van der Waals surface area contributed by atoms with Gasteiger partial charge in [-0.05, 0) is 28.8 Å². The van der Waals surface area contributed by atoms with E-state index in [1.165, 1.54) is 0 Å². The molecule has 32 heavy (non-hydrogen) atoms. The fraction of sp³-hybridized carbons (Fsp3) is 0.167. The van der Waals surface area contributed by atoms with Crippen molar-refractivity contribution in [1.29, 1.82) is 0 Å². The monoisotopic (exact) mass is 430 g/mol. The molecule has 0 aromatic heterocycles. The third-order valence-corrected chi connectivity index (χ3v) is 5.46. The van der Waals surface area contributed by atoms with E-state index in [2.05, 4.69) is 16.1 Å². The molecule has 8 heteroatoms. The fourth-order valence-corrected chi connectivity index (χ4v) is 3.73. The topological polar surface area (TPSA) is 108 Å². The highest BCUT2D eigenvalue weighted by Gasteiger charge is 2.49. The first kappa shape index (κ1) is 21.0. The van der Waals surface area contributed by atoms with Crippen molar-refractivity contribution in [3.8, 4) is 0 Å². The van der Waals surface area contributed by atoms with Crippen LogP contribution in [0.3, 0.4) is 0 Å². The molecular weight excluding hydrogens is 408 g/mol. The average Bonchev–Trinajstić information content (AvgIpc) is 3.02. The number of fused-ring (bicyclic) bond motifs is 1. The molecule has 1 atom stereocenters. The third-order valence-electron chi connectivity index (χ3n) is 5.46. The van der Waals surface area contributed by atoms with Crippen LogP contribution in [0.15, 0.2) is 72.8 Å². The van der Waals surface area contributed by atoms with Crippen LogP contribution in [0.5, 0.6) is 0 Å². The maximum Gasteiger partial charge on any atom is 0.344 e. The number of hydrazine groups is 1. The predicted molar refractivity (Wildman–Crippen MR) is 118 cm³/mol. The Morgan fingerprint density at radius 2 is 1.59 bits per heavy atom. The zero-order valence-corrected chi connectivity index (χ0v) is 17.4. The van der Waals surface area contributed by atoms with Crippen molar-refractivity contribution in [2.24, 2.45) is 0 Å². The highest BCUT2D eigenvalue weighted by atomic mass is 16.2. The van der Waals surface area contributed by atoms with Crippen molar-refractivity contribution in [2.75, 3.05) is 6.54 Å². The minimum atomic E-state index is -1.29. The molecule has 0 bridgehead atoms. The molecule has 4 rings (SSSR count). The molecule has 162 valence electrons. The van der Waals surface area contributed by atoms with E-state index in [0.717, 1.165) is 16.3 Å². The number of hydrogen-bond donors (Lipinski definition) is 3. The molecule has 3 N–H and O–H groups in total. The Hall–Kier alpha value is -4.20. The first-order chi connectivity index (χ1) is 15.4. The van der Waals surface area contributed by atoms with Gasteiger partial charge in [-0.25, -0.2) is 4.79 Å². The molecule has 0 spiro atoms. The van der Waals surface area contributed by atoms with Gasteiger partial charge in [0.15, 0.2) is 0 Å². The lowest BCUT2D eigenvalue weighted by Crippen LogP contribution is -2.50. The number of carbonyl (C=O) groups is 4. The molecule has 1 aliphatic rings. The van der Waals surface area contributed by atoms with Crippen molar-refractivity contribution in [2.45, 2.75) is 18.9 Å². The number of amides is 5. The summed E-state index contributed by atoms with van der Waals surface area (Å²) in [6.07, 6.45) is 0.101. The second-order valence-corrected chi connectivity index (χ2v) is 7.69. The fourth-order valence-electron chi connectivity index (χ4n) is 3.73. The molecular formula is C24H22N4O4. The molecule has 0 saturated carbocycles. The molecule has 1 unspecified atom stereocenters. The zero-order valence-electron chi connectivity index (χ0n) is 17.4. The number of hydrogen-bond acceptors (Lipinski definition) is 4. The van der Waals surface area contributed by atoms with Crippen LogP contribution >= 0.6 is 0 Å². The highest BCUT2D eigenvalue weighted by molar-refractivity contribution is 6.08. The minimum Gasteiger partial charge on any atom is -0.347 e. The van der Waals surface area contributed by atoms with E-state index >= 15 is 0 Å². The molecule has 3 aromatic carbocycles. The van der Waals surface area contributed by atoms with E-state index in [1.807, 2.05) is 42.5 Å². The lowest BCUT2D eigenvalue weighted by Gasteiger charge is -2.22. The van der Waals surface area contributed by atoms with E-state index in [4.69, 9.17) is 0 Å². The summed E-state index contributed by atoms with van der Waals surface area (Å²) in [5.74, 6) is -1.64. The molecule has 0 radical (unpaired) electrons. The number of urea groups is 1. The second kappa shape index (κ2) is 8.50. The molecule has 3 aromatic rings. The number of rotatable bonds is 6. The van der Waals surface area contributed by atoms with Crippen LogP contribution in [0.1, 0.15) is 18.1 Å². The van der Waals surface area contributed by atoms with Crippen molar-refractivity contribution < 1.29 is 19.2 Å². The van der Waals surface area contributed by atoms with Crippen LogP contribution in [0, 0.1) is 0 Å². The molecule has 8 nitrogen and oxygen atoms in total. The first-order valence-electron chi connectivity index (χ1n) is 10.1. The summed E-state index contributed by atoms with van der Waals surface area (Å²) in [6.45, 7) is 1.20. The molecule has 1 saturated heterocycles. The van der Waals surface area contributed by atoms with Gasteiger partial charge in [-0.2, -0.15) is 5.01 Å². The van der Waals surface area contributed by atoms with Gasteiger partial charge in [-0.15, -0.1) is 0 Å². The van der Waals surface area contributed by atoms with Crippen molar-refractivity contribution in [3.63, 3.8) is 0 Å². The molecule has 5 amide bonds. The van der Waals surface area contributed by atoms with Crippen LogP contribution < -0.4 is 16.1 Å². The standard InChI is InChI=1S/C24H22N4O4/c1-24(18-11-3-2-4-12-18)22(31)28(23(32)26-24)27-21(30)15-25-20(29)14-17-10-7-9-16-8-5-6-13-19(16)17/h2-13H,14-15H2,1H3,(H,25,29)(H,26,32)(H,27,30). The Kier molecular flexibility index (Phi) is 5.59. The maximum atomic E-state index is 12.8. The van der Waals surface area contributed by atoms with Crippen LogP contribution in [0.2, 0.25) is 0 Å². The smallest absolute Gasteiger partial charge is 0.344 e. The van der Waals surface area contributed by atoms with Crippen LogP contribution in [0.25, 0.3) is 10.8 Å². The van der Waals surface area contributed by atoms with E-state index in [9.17, 15) is 19.2 Å². The van der Waals surface area contributed by atoms with E-state index in [1.54, 1.807) is 37.3 Å². The molecule has 1 fully saturated rings. The lowest BCUT2D eigenvalue weighted by atomic mass is 9.92. The average molecular weight is 430 g/mol. The van der Waals surface area contributed by atoms with Gasteiger partial charge in [-0.3, -0.25) is 19.8 Å². The number of nitrogens with one attached hydrogen (secondary N) is 3. The Balaban J connectivity index is 1.35. The Bertz CT molecular complexity index is 1210. The van der Waals surface area contributed by atoms with Crippen molar-refractivity contribution in [3.05, 3.63) is 83.9 Å². The van der Waals surface area contributed by atoms with E-state index in [-0.39, 0.29) is 18.9 Å². The zero-order chi connectivity index (χ0) is 22.7. The van der Waals surface area contributed by atoms with Crippen molar-refractivity contribution >= 4 is 34.5 Å². The normalized spacial score (nSPS) is 17.8. The predicted octanol–water partition coefficient (Wildman–Crippen LogP) is 2.00. The third kappa shape index (κ3) is 4.02. The Labute approximate surface area is 184 Å². The van der Waals surface area contributed by atoms with Crippen molar-refractivity contribution in [1.82, 2.24) is 21.1 Å². The van der Waals surface area contributed by atoms with Gasteiger partial charge in [0.1, 0.15) is 5.54 Å². The van der Waals surface area contributed by atoms with E-state index < -0.39 is 23.4 Å². The summed E-state index contributed by atoms with van der Waals surface area (Å²) in [5.41, 5.74) is 2.42. The van der Waals surface area contributed by atoms with Gasteiger partial charge < -0.3 is 10.6 Å².